The second kappa shape index (κ2) is 9.17. The van der Waals surface area contributed by atoms with E-state index in [9.17, 15) is 4.79 Å². The van der Waals surface area contributed by atoms with Crippen LogP contribution in [0.1, 0.15) is 6.92 Å². The van der Waals surface area contributed by atoms with Crippen LogP contribution >= 0.6 is 0 Å². The lowest BCUT2D eigenvalue weighted by Crippen LogP contribution is -2.14. The summed E-state index contributed by atoms with van der Waals surface area (Å²) in [7, 11) is 1.55. The van der Waals surface area contributed by atoms with Gasteiger partial charge in [0.05, 0.1) is 25.1 Å². The van der Waals surface area contributed by atoms with Crippen LogP contribution in [0.15, 0.2) is 57.7 Å². The van der Waals surface area contributed by atoms with Gasteiger partial charge in [0.25, 0.3) is 0 Å². The Kier molecular flexibility index (Phi) is 6.65. The number of aliphatic imine (C=N–C) groups is 1. The maximum Gasteiger partial charge on any atom is 0.344 e. The van der Waals surface area contributed by atoms with Crippen LogP contribution in [0.25, 0.3) is 0 Å². The predicted octanol–water partition coefficient (Wildman–Crippen LogP) is 4.38. The van der Waals surface area contributed by atoms with E-state index in [1.54, 1.807) is 56.5 Å². The van der Waals surface area contributed by atoms with Gasteiger partial charge in [-0.15, -0.1) is 5.11 Å². The van der Waals surface area contributed by atoms with E-state index >= 15 is 0 Å². The zero-order valence-electron chi connectivity index (χ0n) is 14.1. The van der Waals surface area contributed by atoms with Crippen molar-refractivity contribution < 1.29 is 19.0 Å². The smallest absolute Gasteiger partial charge is 0.344 e. The minimum atomic E-state index is -0.407. The third kappa shape index (κ3) is 5.42. The summed E-state index contributed by atoms with van der Waals surface area (Å²) in [5.74, 6) is 0.699. The number of carbonyl (C=O) groups is 1. The molecule has 0 saturated heterocycles. The van der Waals surface area contributed by atoms with Crippen molar-refractivity contribution in [1.29, 1.82) is 0 Å². The highest BCUT2D eigenvalue weighted by molar-refractivity contribution is 5.71. The SMILES string of the molecule is C=Nc1ccc(N=Nc2ccc(OCC(=O)OCC)cc2)c(OC)c1. The Morgan fingerprint density at radius 3 is 2.44 bits per heavy atom. The van der Waals surface area contributed by atoms with Crippen molar-refractivity contribution in [3.8, 4) is 11.5 Å². The van der Waals surface area contributed by atoms with Crippen molar-refractivity contribution >= 4 is 29.7 Å². The first-order valence-corrected chi connectivity index (χ1v) is 7.61. The van der Waals surface area contributed by atoms with Crippen LogP contribution in [0.2, 0.25) is 0 Å². The van der Waals surface area contributed by atoms with Gasteiger partial charge in [0, 0.05) is 6.07 Å². The van der Waals surface area contributed by atoms with Crippen LogP contribution < -0.4 is 9.47 Å². The summed E-state index contributed by atoms with van der Waals surface area (Å²) in [6.45, 7) is 5.42. The molecule has 0 saturated carbocycles. The quantitative estimate of drug-likeness (QED) is 0.405. The highest BCUT2D eigenvalue weighted by atomic mass is 16.6. The van der Waals surface area contributed by atoms with Crippen LogP contribution in [-0.2, 0) is 9.53 Å². The third-order valence-corrected chi connectivity index (χ3v) is 3.12. The van der Waals surface area contributed by atoms with E-state index in [0.29, 0.717) is 35.2 Å². The van der Waals surface area contributed by atoms with Crippen molar-refractivity contribution in [3.05, 3.63) is 42.5 Å². The Hall–Kier alpha value is -3.22. The maximum absolute atomic E-state index is 11.2. The molecule has 0 aromatic heterocycles. The molecule has 0 unspecified atom stereocenters. The molecule has 0 atom stereocenters. The number of rotatable bonds is 8. The first-order valence-electron chi connectivity index (χ1n) is 7.61. The summed E-state index contributed by atoms with van der Waals surface area (Å²) in [5, 5.41) is 8.33. The third-order valence-electron chi connectivity index (χ3n) is 3.12. The largest absolute Gasteiger partial charge is 0.494 e. The van der Waals surface area contributed by atoms with Gasteiger partial charge in [0.2, 0.25) is 0 Å². The fourth-order valence-electron chi connectivity index (χ4n) is 1.91. The lowest BCUT2D eigenvalue weighted by Gasteiger charge is -2.06. The molecule has 7 heteroatoms. The second-order valence-electron chi connectivity index (χ2n) is 4.80. The Morgan fingerprint density at radius 2 is 1.80 bits per heavy atom. The highest BCUT2D eigenvalue weighted by Gasteiger charge is 2.04. The van der Waals surface area contributed by atoms with Crippen molar-refractivity contribution in [2.24, 2.45) is 15.2 Å². The lowest BCUT2D eigenvalue weighted by atomic mass is 10.2. The molecule has 25 heavy (non-hydrogen) atoms. The molecular weight excluding hydrogens is 322 g/mol. The monoisotopic (exact) mass is 341 g/mol. The van der Waals surface area contributed by atoms with Gasteiger partial charge in [-0.1, -0.05) is 0 Å². The number of hydrogen-bond donors (Lipinski definition) is 0. The molecule has 2 rings (SSSR count). The lowest BCUT2D eigenvalue weighted by molar-refractivity contribution is -0.145. The van der Waals surface area contributed by atoms with Crippen LogP contribution in [0, 0.1) is 0 Å². The molecule has 2 aromatic rings. The molecule has 0 N–H and O–H groups in total. The molecule has 0 aliphatic carbocycles. The Morgan fingerprint density at radius 1 is 1.08 bits per heavy atom. The zero-order valence-corrected chi connectivity index (χ0v) is 14.1. The Bertz CT molecular complexity index is 757. The minimum Gasteiger partial charge on any atom is -0.494 e. The van der Waals surface area contributed by atoms with Gasteiger partial charge in [-0.05, 0) is 50.0 Å². The topological polar surface area (TPSA) is 81.8 Å². The van der Waals surface area contributed by atoms with E-state index in [1.807, 2.05) is 0 Å². The van der Waals surface area contributed by atoms with E-state index in [1.165, 1.54) is 0 Å². The number of benzene rings is 2. The van der Waals surface area contributed by atoms with Crippen molar-refractivity contribution in [2.75, 3.05) is 20.3 Å². The molecule has 7 nitrogen and oxygen atoms in total. The molecule has 0 fully saturated rings. The maximum atomic E-state index is 11.2. The summed E-state index contributed by atoms with van der Waals surface area (Å²) >= 11 is 0. The van der Waals surface area contributed by atoms with Crippen molar-refractivity contribution in [2.45, 2.75) is 6.92 Å². The van der Waals surface area contributed by atoms with Gasteiger partial charge in [0.1, 0.15) is 17.2 Å². The Balaban J connectivity index is 2.02. The zero-order chi connectivity index (χ0) is 18.1. The van der Waals surface area contributed by atoms with Gasteiger partial charge < -0.3 is 14.2 Å². The van der Waals surface area contributed by atoms with Crippen LogP contribution in [0.5, 0.6) is 11.5 Å². The van der Waals surface area contributed by atoms with Crippen LogP contribution in [-0.4, -0.2) is 33.0 Å². The van der Waals surface area contributed by atoms with Gasteiger partial charge in [0.15, 0.2) is 6.61 Å². The van der Waals surface area contributed by atoms with E-state index in [2.05, 4.69) is 21.9 Å². The molecule has 0 aliphatic rings. The van der Waals surface area contributed by atoms with Crippen LogP contribution in [0.3, 0.4) is 0 Å². The summed E-state index contributed by atoms with van der Waals surface area (Å²) in [6, 6.07) is 12.1. The Labute approximate surface area is 146 Å². The summed E-state index contributed by atoms with van der Waals surface area (Å²) in [5.41, 5.74) is 1.91. The average molecular weight is 341 g/mol. The van der Waals surface area contributed by atoms with Gasteiger partial charge >= 0.3 is 5.97 Å². The average Bonchev–Trinajstić information content (AvgIpc) is 2.65. The number of ether oxygens (including phenoxy) is 3. The normalized spacial score (nSPS) is 10.5. The van der Waals surface area contributed by atoms with E-state index in [4.69, 9.17) is 14.2 Å². The number of azo groups is 1. The number of carbonyl (C=O) groups excluding carboxylic acids is 1. The summed E-state index contributed by atoms with van der Waals surface area (Å²) in [6.07, 6.45) is 0. The molecule has 130 valence electrons. The highest BCUT2D eigenvalue weighted by Crippen LogP contribution is 2.32. The van der Waals surface area contributed by atoms with Gasteiger partial charge in [-0.2, -0.15) is 5.11 Å². The van der Waals surface area contributed by atoms with Gasteiger partial charge in [-0.3, -0.25) is 4.99 Å². The molecule has 0 aliphatic heterocycles. The molecule has 0 spiro atoms. The van der Waals surface area contributed by atoms with E-state index < -0.39 is 5.97 Å². The van der Waals surface area contributed by atoms with Crippen molar-refractivity contribution in [1.82, 2.24) is 0 Å². The number of hydrogen-bond acceptors (Lipinski definition) is 7. The minimum absolute atomic E-state index is 0.129. The summed E-state index contributed by atoms with van der Waals surface area (Å²) < 4.78 is 15.4. The second-order valence-corrected chi connectivity index (χ2v) is 4.80. The number of esters is 1. The first-order chi connectivity index (χ1) is 12.2. The molecule has 0 amide bonds. The fourth-order valence-corrected chi connectivity index (χ4v) is 1.91. The molecular formula is C18H19N3O4. The van der Waals surface area contributed by atoms with Gasteiger partial charge in [-0.25, -0.2) is 4.79 Å². The van der Waals surface area contributed by atoms with Crippen molar-refractivity contribution in [3.63, 3.8) is 0 Å². The predicted molar refractivity (Wildman–Crippen MR) is 94.9 cm³/mol. The fraction of sp³-hybridized carbons (Fsp3) is 0.222. The van der Waals surface area contributed by atoms with E-state index in [0.717, 1.165) is 0 Å². The molecule has 2 aromatic carbocycles. The number of nitrogens with zero attached hydrogens (tertiary/aromatic N) is 3. The standard InChI is InChI=1S/C18H19N3O4/c1-4-24-18(22)12-25-15-8-5-13(6-9-15)20-21-16-10-7-14(19-2)11-17(16)23-3/h5-11H,2,4,12H2,1,3H3. The molecule has 0 radical (unpaired) electrons. The summed E-state index contributed by atoms with van der Waals surface area (Å²) in [4.78, 5) is 15.1. The molecule has 0 bridgehead atoms. The first kappa shape index (κ1) is 18.1. The van der Waals surface area contributed by atoms with Crippen LogP contribution in [0.4, 0.5) is 17.1 Å². The molecule has 0 heterocycles. The van der Waals surface area contributed by atoms with E-state index in [-0.39, 0.29) is 6.61 Å². The number of methoxy groups -OCH3 is 1.